The highest BCUT2D eigenvalue weighted by molar-refractivity contribution is 5.88. The first kappa shape index (κ1) is 11.7. The Morgan fingerprint density at radius 1 is 1.54 bits per heavy atom. The standard InChI is InChI=1S/C8H8FNO2.ClH/c1-4-2-5(8(11)12)6(9)3-7(4)10;/h2-3H,10H2,1H3,(H,11,12);1H. The van der Waals surface area contributed by atoms with Crippen LogP contribution in [0.25, 0.3) is 0 Å². The molecule has 0 radical (unpaired) electrons. The number of hydrogen-bond acceptors (Lipinski definition) is 2. The topological polar surface area (TPSA) is 63.3 Å². The number of hydrogen-bond donors (Lipinski definition) is 2. The number of carbonyl (C=O) groups is 1. The van der Waals surface area contributed by atoms with Gasteiger partial charge < -0.3 is 10.8 Å². The Hall–Kier alpha value is -1.29. The average Bonchev–Trinajstić information content (AvgIpc) is 1.96. The summed E-state index contributed by atoms with van der Waals surface area (Å²) >= 11 is 0. The van der Waals surface area contributed by atoms with Gasteiger partial charge in [-0.3, -0.25) is 0 Å². The van der Waals surface area contributed by atoms with Gasteiger partial charge in [-0.15, -0.1) is 12.4 Å². The molecule has 13 heavy (non-hydrogen) atoms. The molecule has 3 nitrogen and oxygen atoms in total. The van der Waals surface area contributed by atoms with Crippen LogP contribution in [-0.2, 0) is 0 Å². The van der Waals surface area contributed by atoms with E-state index in [1.807, 2.05) is 0 Å². The van der Waals surface area contributed by atoms with Crippen molar-refractivity contribution in [3.8, 4) is 0 Å². The van der Waals surface area contributed by atoms with Crippen molar-refractivity contribution >= 4 is 24.1 Å². The smallest absolute Gasteiger partial charge is 0.338 e. The molecule has 0 amide bonds. The van der Waals surface area contributed by atoms with Crippen LogP contribution in [0.5, 0.6) is 0 Å². The highest BCUT2D eigenvalue weighted by Gasteiger charge is 2.11. The first-order valence-corrected chi connectivity index (χ1v) is 3.31. The van der Waals surface area contributed by atoms with Gasteiger partial charge in [0, 0.05) is 5.69 Å². The highest BCUT2D eigenvalue weighted by Crippen LogP contribution is 2.16. The molecule has 1 aromatic carbocycles. The Balaban J connectivity index is 0.00000144. The summed E-state index contributed by atoms with van der Waals surface area (Å²) in [7, 11) is 0. The number of halogens is 2. The predicted molar refractivity (Wildman–Crippen MR) is 49.8 cm³/mol. The van der Waals surface area contributed by atoms with Crippen molar-refractivity contribution < 1.29 is 14.3 Å². The number of nitrogens with two attached hydrogens (primary N) is 1. The minimum atomic E-state index is -1.28. The maximum Gasteiger partial charge on any atom is 0.338 e. The molecule has 0 aliphatic heterocycles. The number of rotatable bonds is 1. The van der Waals surface area contributed by atoms with Gasteiger partial charge in [-0.25, -0.2) is 9.18 Å². The molecule has 0 heterocycles. The van der Waals surface area contributed by atoms with Gasteiger partial charge in [0.2, 0.25) is 0 Å². The second-order valence-corrected chi connectivity index (χ2v) is 2.49. The van der Waals surface area contributed by atoms with Crippen molar-refractivity contribution in [2.45, 2.75) is 6.92 Å². The van der Waals surface area contributed by atoms with E-state index in [1.54, 1.807) is 6.92 Å². The lowest BCUT2D eigenvalue weighted by molar-refractivity contribution is 0.0692. The SMILES string of the molecule is Cc1cc(C(=O)O)c(F)cc1N.Cl. The fourth-order valence-corrected chi connectivity index (χ4v) is 0.861. The second-order valence-electron chi connectivity index (χ2n) is 2.49. The van der Waals surface area contributed by atoms with E-state index in [4.69, 9.17) is 10.8 Å². The Morgan fingerprint density at radius 2 is 2.08 bits per heavy atom. The van der Waals surface area contributed by atoms with E-state index in [0.717, 1.165) is 6.07 Å². The van der Waals surface area contributed by atoms with Gasteiger partial charge in [-0.1, -0.05) is 0 Å². The molecule has 0 aliphatic rings. The van der Waals surface area contributed by atoms with Crippen LogP contribution in [0, 0.1) is 12.7 Å². The van der Waals surface area contributed by atoms with E-state index in [-0.39, 0.29) is 23.7 Å². The molecule has 5 heteroatoms. The molecule has 0 fully saturated rings. The largest absolute Gasteiger partial charge is 0.478 e. The van der Waals surface area contributed by atoms with Crippen LogP contribution in [0.4, 0.5) is 10.1 Å². The molecular weight excluding hydrogens is 197 g/mol. The number of anilines is 1. The maximum absolute atomic E-state index is 12.8. The molecule has 72 valence electrons. The van der Waals surface area contributed by atoms with E-state index < -0.39 is 11.8 Å². The molecule has 0 aliphatic carbocycles. The van der Waals surface area contributed by atoms with Crippen molar-refractivity contribution in [2.75, 3.05) is 5.73 Å². The number of carboxylic acid groups (broad SMARTS) is 1. The monoisotopic (exact) mass is 205 g/mol. The van der Waals surface area contributed by atoms with Crippen LogP contribution >= 0.6 is 12.4 Å². The molecule has 0 atom stereocenters. The van der Waals surface area contributed by atoms with Crippen LogP contribution < -0.4 is 5.73 Å². The van der Waals surface area contributed by atoms with Crippen molar-refractivity contribution in [1.29, 1.82) is 0 Å². The van der Waals surface area contributed by atoms with Gasteiger partial charge in [-0.05, 0) is 24.6 Å². The minimum absolute atomic E-state index is 0. The van der Waals surface area contributed by atoms with Crippen LogP contribution in [-0.4, -0.2) is 11.1 Å². The third-order valence-corrected chi connectivity index (χ3v) is 1.59. The summed E-state index contributed by atoms with van der Waals surface area (Å²) in [5, 5.41) is 8.50. The molecule has 0 saturated carbocycles. The lowest BCUT2D eigenvalue weighted by atomic mass is 10.1. The highest BCUT2D eigenvalue weighted by atomic mass is 35.5. The van der Waals surface area contributed by atoms with Crippen molar-refractivity contribution in [3.63, 3.8) is 0 Å². The number of nitrogen functional groups attached to an aromatic ring is 1. The Morgan fingerprint density at radius 3 is 2.54 bits per heavy atom. The molecule has 0 aromatic heterocycles. The fourth-order valence-electron chi connectivity index (χ4n) is 0.861. The summed E-state index contributed by atoms with van der Waals surface area (Å²) in [5.41, 5.74) is 5.84. The average molecular weight is 206 g/mol. The molecule has 1 aromatic rings. The third-order valence-electron chi connectivity index (χ3n) is 1.59. The summed E-state index contributed by atoms with van der Waals surface area (Å²) < 4.78 is 12.8. The van der Waals surface area contributed by atoms with Crippen LogP contribution in [0.2, 0.25) is 0 Å². The van der Waals surface area contributed by atoms with Gasteiger partial charge in [0.1, 0.15) is 5.82 Å². The molecule has 1 rings (SSSR count). The van der Waals surface area contributed by atoms with Crippen LogP contribution in [0.3, 0.4) is 0 Å². The van der Waals surface area contributed by atoms with Gasteiger partial charge in [0.05, 0.1) is 5.56 Å². The Kier molecular flexibility index (Phi) is 3.69. The van der Waals surface area contributed by atoms with E-state index in [2.05, 4.69) is 0 Å². The molecule has 0 bridgehead atoms. The minimum Gasteiger partial charge on any atom is -0.478 e. The van der Waals surface area contributed by atoms with Gasteiger partial charge in [-0.2, -0.15) is 0 Å². The summed E-state index contributed by atoms with van der Waals surface area (Å²) in [6.45, 7) is 1.63. The molecule has 0 spiro atoms. The summed E-state index contributed by atoms with van der Waals surface area (Å²) in [4.78, 5) is 10.4. The quantitative estimate of drug-likeness (QED) is 0.688. The number of aromatic carboxylic acids is 1. The number of benzene rings is 1. The second kappa shape index (κ2) is 4.09. The van der Waals surface area contributed by atoms with E-state index in [1.165, 1.54) is 6.07 Å². The van der Waals surface area contributed by atoms with Gasteiger partial charge >= 0.3 is 5.97 Å². The molecule has 3 N–H and O–H groups in total. The maximum atomic E-state index is 12.8. The zero-order valence-electron chi connectivity index (χ0n) is 6.87. The zero-order chi connectivity index (χ0) is 9.30. The van der Waals surface area contributed by atoms with E-state index >= 15 is 0 Å². The van der Waals surface area contributed by atoms with Gasteiger partial charge in [0.15, 0.2) is 0 Å². The summed E-state index contributed by atoms with van der Waals surface area (Å²) in [6.07, 6.45) is 0. The van der Waals surface area contributed by atoms with E-state index in [9.17, 15) is 9.18 Å². The molecule has 0 unspecified atom stereocenters. The summed E-state index contributed by atoms with van der Waals surface area (Å²) in [5.74, 6) is -2.08. The van der Waals surface area contributed by atoms with Crippen LogP contribution in [0.1, 0.15) is 15.9 Å². The first-order chi connectivity index (χ1) is 5.52. The number of aryl methyl sites for hydroxylation is 1. The van der Waals surface area contributed by atoms with Crippen molar-refractivity contribution in [1.82, 2.24) is 0 Å². The lowest BCUT2D eigenvalue weighted by Gasteiger charge is -2.02. The van der Waals surface area contributed by atoms with Crippen molar-refractivity contribution in [2.24, 2.45) is 0 Å². The Labute approximate surface area is 80.8 Å². The summed E-state index contributed by atoms with van der Waals surface area (Å²) in [6, 6.07) is 2.23. The van der Waals surface area contributed by atoms with E-state index in [0.29, 0.717) is 5.56 Å². The molecule has 0 saturated heterocycles. The van der Waals surface area contributed by atoms with Gasteiger partial charge in [0.25, 0.3) is 0 Å². The van der Waals surface area contributed by atoms with Crippen LogP contribution in [0.15, 0.2) is 12.1 Å². The fraction of sp³-hybridized carbons (Fsp3) is 0.125. The third kappa shape index (κ3) is 2.32. The van der Waals surface area contributed by atoms with Crippen molar-refractivity contribution in [3.05, 3.63) is 29.1 Å². The molecular formula is C8H9ClFNO2. The number of carboxylic acids is 1. The Bertz CT molecular complexity index is 341. The first-order valence-electron chi connectivity index (χ1n) is 3.31. The lowest BCUT2D eigenvalue weighted by Crippen LogP contribution is -2.03. The zero-order valence-corrected chi connectivity index (χ0v) is 7.69. The predicted octanol–water partition coefficient (Wildman–Crippen LogP) is 1.84. The normalized spacial score (nSPS) is 9.08.